The minimum Gasteiger partial charge on any atom is -0.241 e. The molecule has 0 saturated heterocycles. The Labute approximate surface area is 68.9 Å². The van der Waals surface area contributed by atoms with Gasteiger partial charge in [-0.1, -0.05) is 0 Å². The Bertz CT molecular complexity index is 392. The van der Waals surface area contributed by atoms with Gasteiger partial charge in [-0.3, -0.25) is 0 Å². The van der Waals surface area contributed by atoms with Crippen LogP contribution >= 0.6 is 11.3 Å². The maximum atomic E-state index is 4.30. The molecule has 3 heteroatoms. The van der Waals surface area contributed by atoms with E-state index in [4.69, 9.17) is 0 Å². The molecule has 0 aliphatic carbocycles. The number of aromatic nitrogens is 2. The van der Waals surface area contributed by atoms with Crippen molar-refractivity contribution < 1.29 is 0 Å². The zero-order valence-corrected chi connectivity index (χ0v) is 7.27. The Kier molecular flexibility index (Phi) is 1.39. The molecule has 56 valence electrons. The predicted octanol–water partition coefficient (Wildman–Crippen LogP) is 2.31. The minimum atomic E-state index is 0.847. The Morgan fingerprint density at radius 3 is 3.00 bits per heavy atom. The summed E-state index contributed by atoms with van der Waals surface area (Å²) < 4.78 is 0. The second-order valence-corrected chi connectivity index (χ2v) is 3.77. The van der Waals surface area contributed by atoms with Gasteiger partial charge in [0.05, 0.1) is 0 Å². The second kappa shape index (κ2) is 2.27. The Hall–Kier alpha value is -0.960. The fraction of sp³-hybridized carbons (Fsp3) is 0.250. The molecule has 0 aliphatic rings. The van der Waals surface area contributed by atoms with E-state index in [-0.39, 0.29) is 0 Å². The van der Waals surface area contributed by atoms with Crippen molar-refractivity contribution in [2.75, 3.05) is 0 Å². The van der Waals surface area contributed by atoms with Gasteiger partial charge in [0.15, 0.2) is 0 Å². The van der Waals surface area contributed by atoms with Crippen LogP contribution in [0.2, 0.25) is 0 Å². The first kappa shape index (κ1) is 6.73. The molecule has 2 aromatic heterocycles. The Morgan fingerprint density at radius 2 is 2.18 bits per heavy atom. The third kappa shape index (κ3) is 1.12. The minimum absolute atomic E-state index is 0.847. The molecule has 2 heterocycles. The Morgan fingerprint density at radius 1 is 1.36 bits per heavy atom. The lowest BCUT2D eigenvalue weighted by Gasteiger charge is -1.88. The van der Waals surface area contributed by atoms with Gasteiger partial charge in [-0.05, 0) is 19.9 Å². The zero-order chi connectivity index (χ0) is 7.84. The van der Waals surface area contributed by atoms with Crippen LogP contribution < -0.4 is 0 Å². The van der Waals surface area contributed by atoms with E-state index in [9.17, 15) is 0 Å². The van der Waals surface area contributed by atoms with Crippen LogP contribution in [0.15, 0.2) is 12.3 Å². The molecule has 0 aromatic carbocycles. The number of rotatable bonds is 0. The van der Waals surface area contributed by atoms with Gasteiger partial charge in [0.1, 0.15) is 10.7 Å². The molecule has 2 aromatic rings. The molecule has 0 N–H and O–H groups in total. The van der Waals surface area contributed by atoms with Gasteiger partial charge in [0, 0.05) is 16.5 Å². The van der Waals surface area contributed by atoms with E-state index < -0.39 is 0 Å². The highest BCUT2D eigenvalue weighted by Crippen LogP contribution is 2.21. The van der Waals surface area contributed by atoms with Crippen molar-refractivity contribution in [2.45, 2.75) is 13.8 Å². The molecule has 11 heavy (non-hydrogen) atoms. The highest BCUT2D eigenvalue weighted by atomic mass is 32.1. The van der Waals surface area contributed by atoms with E-state index >= 15 is 0 Å². The van der Waals surface area contributed by atoms with Gasteiger partial charge in [0.2, 0.25) is 0 Å². The summed E-state index contributed by atoms with van der Waals surface area (Å²) in [5, 5.41) is 1.15. The van der Waals surface area contributed by atoms with Gasteiger partial charge in [-0.25, -0.2) is 9.97 Å². The van der Waals surface area contributed by atoms with Crippen LogP contribution in [-0.2, 0) is 0 Å². The van der Waals surface area contributed by atoms with E-state index in [1.54, 1.807) is 11.3 Å². The zero-order valence-electron chi connectivity index (χ0n) is 6.46. The highest BCUT2D eigenvalue weighted by molar-refractivity contribution is 7.18. The van der Waals surface area contributed by atoms with Crippen molar-refractivity contribution in [3.63, 3.8) is 0 Å². The average Bonchev–Trinajstić information content (AvgIpc) is 2.27. The maximum absolute atomic E-state index is 4.30. The topological polar surface area (TPSA) is 25.8 Å². The summed E-state index contributed by atoms with van der Waals surface area (Å²) in [5.74, 6) is 0.847. The Balaban J connectivity index is 2.82. The summed E-state index contributed by atoms with van der Waals surface area (Å²) in [5.41, 5.74) is 0. The van der Waals surface area contributed by atoms with Crippen LogP contribution in [-0.4, -0.2) is 9.97 Å². The van der Waals surface area contributed by atoms with Crippen LogP contribution in [0.1, 0.15) is 10.7 Å². The van der Waals surface area contributed by atoms with Crippen molar-refractivity contribution in [3.8, 4) is 0 Å². The molecular weight excluding hydrogens is 156 g/mol. The van der Waals surface area contributed by atoms with Crippen molar-refractivity contribution in [2.24, 2.45) is 0 Å². The van der Waals surface area contributed by atoms with E-state index in [0.717, 1.165) is 16.0 Å². The first-order chi connectivity index (χ1) is 5.25. The summed E-state index contributed by atoms with van der Waals surface area (Å²) in [7, 11) is 0. The molecule has 0 saturated carbocycles. The first-order valence-corrected chi connectivity index (χ1v) is 4.27. The smallest absolute Gasteiger partial charge is 0.127 e. The van der Waals surface area contributed by atoms with E-state index in [0.29, 0.717) is 0 Å². The molecule has 0 spiro atoms. The summed E-state index contributed by atoms with van der Waals surface area (Å²) in [6, 6.07) is 2.11. The fourth-order valence-electron chi connectivity index (χ4n) is 1.04. The van der Waals surface area contributed by atoms with Crippen molar-refractivity contribution in [3.05, 3.63) is 23.0 Å². The third-order valence-corrected chi connectivity index (χ3v) is 2.48. The lowest BCUT2D eigenvalue weighted by atomic mass is 10.4. The van der Waals surface area contributed by atoms with Crippen molar-refractivity contribution in [1.82, 2.24) is 9.97 Å². The maximum Gasteiger partial charge on any atom is 0.127 e. The molecule has 0 aliphatic heterocycles. The van der Waals surface area contributed by atoms with E-state index in [2.05, 4.69) is 23.0 Å². The summed E-state index contributed by atoms with van der Waals surface area (Å²) in [4.78, 5) is 10.8. The molecule has 0 radical (unpaired) electrons. The SMILES string of the molecule is Cc1ncc2cc(C)sc2n1. The number of aryl methyl sites for hydroxylation is 2. The van der Waals surface area contributed by atoms with Crippen molar-refractivity contribution >= 4 is 21.6 Å². The molecular formula is C8H8N2S. The molecule has 0 atom stereocenters. The van der Waals surface area contributed by atoms with Gasteiger partial charge >= 0.3 is 0 Å². The largest absolute Gasteiger partial charge is 0.241 e. The van der Waals surface area contributed by atoms with Gasteiger partial charge < -0.3 is 0 Å². The lowest BCUT2D eigenvalue weighted by molar-refractivity contribution is 1.10. The van der Waals surface area contributed by atoms with Crippen LogP contribution in [0.3, 0.4) is 0 Å². The van der Waals surface area contributed by atoms with E-state index in [1.807, 2.05) is 13.1 Å². The van der Waals surface area contributed by atoms with Crippen LogP contribution in [0.5, 0.6) is 0 Å². The van der Waals surface area contributed by atoms with Gasteiger partial charge in [0.25, 0.3) is 0 Å². The predicted molar refractivity (Wildman–Crippen MR) is 46.9 cm³/mol. The standard InChI is InChI=1S/C8H8N2S/c1-5-3-7-4-9-6(2)10-8(7)11-5/h3-4H,1-2H3. The highest BCUT2D eigenvalue weighted by Gasteiger charge is 1.98. The van der Waals surface area contributed by atoms with Crippen LogP contribution in [0.4, 0.5) is 0 Å². The summed E-state index contributed by atoms with van der Waals surface area (Å²) >= 11 is 1.72. The lowest BCUT2D eigenvalue weighted by Crippen LogP contribution is -1.82. The third-order valence-electron chi connectivity index (χ3n) is 1.52. The average molecular weight is 164 g/mol. The second-order valence-electron chi connectivity index (χ2n) is 2.53. The molecule has 2 nitrogen and oxygen atoms in total. The monoisotopic (exact) mass is 164 g/mol. The number of hydrogen-bond donors (Lipinski definition) is 0. The van der Waals surface area contributed by atoms with Crippen LogP contribution in [0, 0.1) is 13.8 Å². The van der Waals surface area contributed by atoms with Crippen LogP contribution in [0.25, 0.3) is 10.2 Å². The normalized spacial score (nSPS) is 10.7. The number of nitrogens with zero attached hydrogens (tertiary/aromatic N) is 2. The van der Waals surface area contributed by atoms with Crippen molar-refractivity contribution in [1.29, 1.82) is 0 Å². The molecule has 0 unspecified atom stereocenters. The molecule has 0 fully saturated rings. The fourth-order valence-corrected chi connectivity index (χ4v) is 1.94. The molecule has 2 rings (SSSR count). The van der Waals surface area contributed by atoms with Gasteiger partial charge in [-0.15, -0.1) is 11.3 Å². The first-order valence-electron chi connectivity index (χ1n) is 3.45. The quantitative estimate of drug-likeness (QED) is 0.597. The molecule has 0 bridgehead atoms. The number of thiophene rings is 1. The molecule has 0 amide bonds. The van der Waals surface area contributed by atoms with Gasteiger partial charge in [-0.2, -0.15) is 0 Å². The summed E-state index contributed by atoms with van der Waals surface area (Å²) in [6.45, 7) is 4.00. The number of fused-ring (bicyclic) bond motifs is 1. The summed E-state index contributed by atoms with van der Waals surface area (Å²) in [6.07, 6.45) is 1.88. The van der Waals surface area contributed by atoms with E-state index in [1.165, 1.54) is 4.88 Å². The number of hydrogen-bond acceptors (Lipinski definition) is 3.